The molecule has 8 heteroatoms. The van der Waals surface area contributed by atoms with Crippen LogP contribution in [0.3, 0.4) is 0 Å². The number of aryl methyl sites for hydroxylation is 1. The second-order valence-electron chi connectivity index (χ2n) is 9.49. The van der Waals surface area contributed by atoms with E-state index in [9.17, 15) is 9.59 Å². The van der Waals surface area contributed by atoms with Gasteiger partial charge in [-0.3, -0.25) is 9.59 Å². The van der Waals surface area contributed by atoms with Crippen molar-refractivity contribution in [3.63, 3.8) is 0 Å². The van der Waals surface area contributed by atoms with Crippen LogP contribution < -0.4 is 4.90 Å². The van der Waals surface area contributed by atoms with Crippen molar-refractivity contribution in [2.45, 2.75) is 51.4 Å². The number of piperazine rings is 1. The van der Waals surface area contributed by atoms with Crippen LogP contribution in [0.15, 0.2) is 28.9 Å². The fourth-order valence-corrected chi connectivity index (χ4v) is 5.40. The third-order valence-corrected chi connectivity index (χ3v) is 7.33. The largest absolute Gasteiger partial charge is 0.360 e. The summed E-state index contributed by atoms with van der Waals surface area (Å²) in [6, 6.07) is 5.93. The first-order chi connectivity index (χ1) is 16.2. The van der Waals surface area contributed by atoms with Crippen molar-refractivity contribution in [3.05, 3.63) is 41.4 Å². The Kier molecular flexibility index (Phi) is 6.60. The number of nitrogens with zero attached hydrogens (tertiary/aromatic N) is 5. The molecule has 33 heavy (non-hydrogen) atoms. The van der Waals surface area contributed by atoms with E-state index in [1.807, 2.05) is 34.2 Å². The van der Waals surface area contributed by atoms with Crippen LogP contribution >= 0.6 is 0 Å². The number of likely N-dealkylation sites (tertiary alicyclic amines) is 1. The molecule has 2 aliphatic heterocycles. The number of carbonyl (C=O) groups is 2. The van der Waals surface area contributed by atoms with Gasteiger partial charge in [0.1, 0.15) is 11.6 Å². The molecule has 2 aromatic rings. The first kappa shape index (κ1) is 21.9. The SMILES string of the molecule is O=C(CC[C@H]1CCCN(C(=O)c2noc3c2CCCC3)C1)N1CCN(c2ccccn2)CC1. The molecule has 5 rings (SSSR count). The molecule has 2 saturated heterocycles. The Balaban J connectivity index is 1.10. The lowest BCUT2D eigenvalue weighted by Gasteiger charge is -2.36. The summed E-state index contributed by atoms with van der Waals surface area (Å²) in [5.74, 6) is 2.47. The second-order valence-corrected chi connectivity index (χ2v) is 9.49. The summed E-state index contributed by atoms with van der Waals surface area (Å²) in [5.41, 5.74) is 1.54. The van der Waals surface area contributed by atoms with Gasteiger partial charge < -0.3 is 19.2 Å². The van der Waals surface area contributed by atoms with Crippen LogP contribution in [0.4, 0.5) is 5.82 Å². The van der Waals surface area contributed by atoms with Crippen LogP contribution in [0.2, 0.25) is 0 Å². The normalized spacial score (nSPS) is 21.1. The van der Waals surface area contributed by atoms with E-state index in [1.165, 1.54) is 0 Å². The number of rotatable bonds is 5. The lowest BCUT2D eigenvalue weighted by molar-refractivity contribution is -0.131. The highest BCUT2D eigenvalue weighted by atomic mass is 16.5. The number of piperidine rings is 1. The average molecular weight is 452 g/mol. The summed E-state index contributed by atoms with van der Waals surface area (Å²) in [5, 5.41) is 4.13. The molecule has 2 aromatic heterocycles. The summed E-state index contributed by atoms with van der Waals surface area (Å²) in [6.45, 7) is 4.58. The first-order valence-corrected chi connectivity index (χ1v) is 12.4. The summed E-state index contributed by atoms with van der Waals surface area (Å²) >= 11 is 0. The second kappa shape index (κ2) is 9.93. The number of carbonyl (C=O) groups excluding carboxylic acids is 2. The van der Waals surface area contributed by atoms with E-state index in [0.717, 1.165) is 94.8 Å². The van der Waals surface area contributed by atoms with Crippen molar-refractivity contribution < 1.29 is 14.1 Å². The van der Waals surface area contributed by atoms with Gasteiger partial charge >= 0.3 is 0 Å². The molecule has 2 amide bonds. The average Bonchev–Trinajstić information content (AvgIpc) is 3.32. The molecule has 1 atom stereocenters. The molecule has 0 radical (unpaired) electrons. The van der Waals surface area contributed by atoms with Gasteiger partial charge in [0.15, 0.2) is 5.69 Å². The van der Waals surface area contributed by atoms with E-state index in [4.69, 9.17) is 4.52 Å². The van der Waals surface area contributed by atoms with Gasteiger partial charge in [0, 0.05) is 63.9 Å². The number of hydrogen-bond acceptors (Lipinski definition) is 6. The molecule has 0 unspecified atom stereocenters. The highest BCUT2D eigenvalue weighted by Crippen LogP contribution is 2.28. The zero-order valence-electron chi connectivity index (χ0n) is 19.2. The van der Waals surface area contributed by atoms with Crippen molar-refractivity contribution in [1.82, 2.24) is 19.9 Å². The van der Waals surface area contributed by atoms with Gasteiger partial charge in [0.05, 0.1) is 0 Å². The Hall–Kier alpha value is -2.90. The van der Waals surface area contributed by atoms with E-state index >= 15 is 0 Å². The monoisotopic (exact) mass is 451 g/mol. The summed E-state index contributed by atoms with van der Waals surface area (Å²) in [7, 11) is 0. The van der Waals surface area contributed by atoms with Crippen molar-refractivity contribution >= 4 is 17.6 Å². The Bertz CT molecular complexity index is 968. The number of aromatic nitrogens is 2. The molecule has 0 aromatic carbocycles. The van der Waals surface area contributed by atoms with Gasteiger partial charge in [-0.2, -0.15) is 0 Å². The molecule has 0 spiro atoms. The molecule has 1 aliphatic carbocycles. The van der Waals surface area contributed by atoms with Crippen molar-refractivity contribution in [3.8, 4) is 0 Å². The molecular formula is C25H33N5O3. The van der Waals surface area contributed by atoms with Gasteiger partial charge in [-0.1, -0.05) is 11.2 Å². The molecule has 8 nitrogen and oxygen atoms in total. The van der Waals surface area contributed by atoms with E-state index in [1.54, 1.807) is 0 Å². The van der Waals surface area contributed by atoms with Gasteiger partial charge in [-0.05, 0) is 56.6 Å². The first-order valence-electron chi connectivity index (χ1n) is 12.4. The van der Waals surface area contributed by atoms with Crippen LogP contribution in [-0.2, 0) is 17.6 Å². The van der Waals surface area contributed by atoms with Gasteiger partial charge in [0.2, 0.25) is 5.91 Å². The third kappa shape index (κ3) is 4.89. The van der Waals surface area contributed by atoms with Crippen LogP contribution in [-0.4, -0.2) is 71.0 Å². The number of fused-ring (bicyclic) bond motifs is 1. The molecular weight excluding hydrogens is 418 g/mol. The van der Waals surface area contributed by atoms with Crippen LogP contribution in [0.1, 0.15) is 60.3 Å². The minimum absolute atomic E-state index is 0.00331. The minimum atomic E-state index is 0.00331. The van der Waals surface area contributed by atoms with Crippen molar-refractivity contribution in [2.75, 3.05) is 44.2 Å². The van der Waals surface area contributed by atoms with Gasteiger partial charge in [-0.25, -0.2) is 4.98 Å². The van der Waals surface area contributed by atoms with Crippen molar-refractivity contribution in [1.29, 1.82) is 0 Å². The smallest absolute Gasteiger partial charge is 0.276 e. The number of anilines is 1. The lowest BCUT2D eigenvalue weighted by Crippen LogP contribution is -2.49. The third-order valence-electron chi connectivity index (χ3n) is 7.33. The maximum Gasteiger partial charge on any atom is 0.276 e. The fourth-order valence-electron chi connectivity index (χ4n) is 5.40. The molecule has 2 fully saturated rings. The van der Waals surface area contributed by atoms with Crippen LogP contribution in [0.5, 0.6) is 0 Å². The minimum Gasteiger partial charge on any atom is -0.360 e. The lowest BCUT2D eigenvalue weighted by atomic mass is 9.92. The molecule has 3 aliphatic rings. The standard InChI is InChI=1S/C25H33N5O3/c31-23(29-16-14-28(15-17-29)22-9-3-4-12-26-22)11-10-19-6-5-13-30(18-19)25(32)24-20-7-1-2-8-21(20)33-27-24/h3-4,9,12,19H,1-2,5-8,10-11,13-18H2/t19-/m1/s1. The Morgan fingerprint density at radius 2 is 1.85 bits per heavy atom. The van der Waals surface area contributed by atoms with E-state index in [-0.39, 0.29) is 11.8 Å². The summed E-state index contributed by atoms with van der Waals surface area (Å²) in [4.78, 5) is 36.5. The summed E-state index contributed by atoms with van der Waals surface area (Å²) < 4.78 is 5.45. The molecule has 0 bridgehead atoms. The fraction of sp³-hybridized carbons (Fsp3) is 0.600. The maximum absolute atomic E-state index is 13.1. The predicted octanol–water partition coefficient (Wildman–Crippen LogP) is 2.93. The summed E-state index contributed by atoms with van der Waals surface area (Å²) in [6.07, 6.45) is 9.21. The zero-order valence-corrected chi connectivity index (χ0v) is 19.2. The molecule has 0 N–H and O–H groups in total. The number of amides is 2. The van der Waals surface area contributed by atoms with E-state index in [0.29, 0.717) is 24.6 Å². The Morgan fingerprint density at radius 1 is 1.00 bits per heavy atom. The van der Waals surface area contributed by atoms with E-state index in [2.05, 4.69) is 15.0 Å². The highest BCUT2D eigenvalue weighted by Gasteiger charge is 2.31. The quantitative estimate of drug-likeness (QED) is 0.695. The van der Waals surface area contributed by atoms with E-state index < -0.39 is 0 Å². The van der Waals surface area contributed by atoms with Crippen molar-refractivity contribution in [2.24, 2.45) is 5.92 Å². The van der Waals surface area contributed by atoms with Crippen LogP contribution in [0.25, 0.3) is 0 Å². The van der Waals surface area contributed by atoms with Gasteiger partial charge in [-0.15, -0.1) is 0 Å². The number of pyridine rings is 1. The molecule has 176 valence electrons. The number of hydrogen-bond donors (Lipinski definition) is 0. The predicted molar refractivity (Wildman–Crippen MR) is 124 cm³/mol. The van der Waals surface area contributed by atoms with Crippen LogP contribution in [0, 0.1) is 5.92 Å². The molecule has 0 saturated carbocycles. The molecule has 4 heterocycles. The zero-order chi connectivity index (χ0) is 22.6. The maximum atomic E-state index is 13.1. The Morgan fingerprint density at radius 3 is 2.67 bits per heavy atom. The highest BCUT2D eigenvalue weighted by molar-refractivity contribution is 5.94. The Labute approximate surface area is 194 Å². The topological polar surface area (TPSA) is 82.8 Å². The van der Waals surface area contributed by atoms with Gasteiger partial charge in [0.25, 0.3) is 5.91 Å².